The van der Waals surface area contributed by atoms with Crippen LogP contribution in [0.3, 0.4) is 0 Å². The van der Waals surface area contributed by atoms with E-state index in [4.69, 9.17) is 66.3 Å². The lowest BCUT2D eigenvalue weighted by Gasteiger charge is -2.66. The summed E-state index contributed by atoms with van der Waals surface area (Å²) in [6.45, 7) is 15.3. The maximum Gasteiger partial charge on any atom is 0.302 e. The molecular formula is C56H90O22. The number of aliphatic hydroxyl groups excluding tert-OH is 3. The van der Waals surface area contributed by atoms with Gasteiger partial charge in [-0.2, -0.15) is 0 Å². The van der Waals surface area contributed by atoms with Gasteiger partial charge in [0.25, 0.3) is 0 Å². The summed E-state index contributed by atoms with van der Waals surface area (Å²) in [6.07, 6.45) is -9.70. The van der Waals surface area contributed by atoms with E-state index in [2.05, 4.69) is 6.92 Å². The van der Waals surface area contributed by atoms with Crippen LogP contribution in [0.4, 0.5) is 0 Å². The van der Waals surface area contributed by atoms with Crippen LogP contribution in [-0.4, -0.2) is 216 Å². The zero-order valence-corrected chi connectivity index (χ0v) is 47.6. The van der Waals surface area contributed by atoms with Gasteiger partial charge in [0.15, 0.2) is 37.2 Å². The van der Waals surface area contributed by atoms with E-state index in [0.717, 1.165) is 5.57 Å². The third-order valence-electron chi connectivity index (χ3n) is 20.1. The summed E-state index contributed by atoms with van der Waals surface area (Å²) < 4.78 is 87.2. The van der Waals surface area contributed by atoms with E-state index in [1.165, 1.54) is 20.8 Å². The molecule has 0 amide bonds. The number of ketones is 1. The third kappa shape index (κ3) is 10.7. The molecule has 5 heterocycles. The molecule has 9 aliphatic rings. The van der Waals surface area contributed by atoms with Crippen molar-refractivity contribution in [1.29, 1.82) is 0 Å². The second-order valence-corrected chi connectivity index (χ2v) is 24.5. The first-order chi connectivity index (χ1) is 36.7. The molecule has 0 aromatic rings. The average molecular weight is 1120 g/mol. The Labute approximate surface area is 458 Å². The minimum Gasteiger partial charge on any atom is -0.459 e. The predicted molar refractivity (Wildman–Crippen MR) is 271 cm³/mol. The largest absolute Gasteiger partial charge is 0.459 e. The third-order valence-corrected chi connectivity index (χ3v) is 20.1. The molecular weight excluding hydrogens is 1020 g/mol. The quantitative estimate of drug-likeness (QED) is 0.102. The predicted octanol–water partition coefficient (Wildman–Crippen LogP) is 2.77. The van der Waals surface area contributed by atoms with Crippen LogP contribution < -0.4 is 0 Å². The molecule has 5 aliphatic heterocycles. The van der Waals surface area contributed by atoms with Gasteiger partial charge in [-0.15, -0.1) is 0 Å². The van der Waals surface area contributed by atoms with E-state index in [1.54, 1.807) is 42.1 Å². The van der Waals surface area contributed by atoms with Crippen molar-refractivity contribution in [1.82, 2.24) is 0 Å². The number of carbonyl (C=O) groups excluding carboxylic acids is 2. The van der Waals surface area contributed by atoms with Crippen LogP contribution in [0.2, 0.25) is 0 Å². The van der Waals surface area contributed by atoms with E-state index in [0.29, 0.717) is 32.1 Å². The lowest BCUT2D eigenvalue weighted by molar-refractivity contribution is -0.351. The van der Waals surface area contributed by atoms with E-state index in [-0.39, 0.29) is 51.0 Å². The molecule has 0 bridgehead atoms. The Morgan fingerprint density at radius 1 is 0.577 bits per heavy atom. The first kappa shape index (κ1) is 60.7. The first-order valence-corrected chi connectivity index (χ1v) is 28.5. The van der Waals surface area contributed by atoms with Crippen molar-refractivity contribution < 1.29 is 107 Å². The second kappa shape index (κ2) is 23.3. The standard InChI is InChI=1S/C56H90O22/c1-26-47(61)36(65-10)21-43(68-26)76-49-28(3)70-44(22-37(49)66-11)77-50-29(4)71-45(23-38(50)67-12)78-51-30(5)72-46(24-39(51)73-32(7)58)75-48-27(2)69-42(20-35(48)59)74-34-14-15-52(8)33(19-34)13-16-55(63)40(52)25-41(60)53(9)54(62,31(6)57)17-18-56(53,55)64/h13,26-30,34-51,59-64H,14-25H2,1-12H3/t26-,27+,28+,29-,30+,34-,35-,36+,37-,38+,39-,40+,41+,42-,43-,44-,45-,46-,47-,48+,49+,50-,51+,52-,53+,54+,55-,56-/m0/s1. The van der Waals surface area contributed by atoms with Gasteiger partial charge in [0.05, 0.1) is 72.6 Å². The summed E-state index contributed by atoms with van der Waals surface area (Å²) in [5.74, 6) is -1.60. The van der Waals surface area contributed by atoms with Crippen LogP contribution in [0.5, 0.6) is 0 Å². The van der Waals surface area contributed by atoms with Gasteiger partial charge in [-0.25, -0.2) is 0 Å². The minimum atomic E-state index is -1.97. The molecule has 5 saturated heterocycles. The van der Waals surface area contributed by atoms with Gasteiger partial charge in [-0.1, -0.05) is 25.5 Å². The number of ether oxygens (including phenoxy) is 14. The van der Waals surface area contributed by atoms with Crippen LogP contribution in [0.25, 0.3) is 0 Å². The number of esters is 1. The summed E-state index contributed by atoms with van der Waals surface area (Å²) in [5.41, 5.74) is -6.78. The normalized spacial score (nSPS) is 52.6. The number of rotatable bonds is 15. The highest BCUT2D eigenvalue weighted by Crippen LogP contribution is 2.70. The van der Waals surface area contributed by atoms with Gasteiger partial charge in [0.1, 0.15) is 53.4 Å². The van der Waals surface area contributed by atoms with E-state index < -0.39 is 174 Å². The summed E-state index contributed by atoms with van der Waals surface area (Å²) in [7, 11) is 4.75. The molecule has 0 spiro atoms. The molecule has 4 aliphatic carbocycles. The smallest absolute Gasteiger partial charge is 0.302 e. The first-order valence-electron chi connectivity index (χ1n) is 28.5. The number of hydrogen-bond acceptors (Lipinski definition) is 22. The van der Waals surface area contributed by atoms with Gasteiger partial charge < -0.3 is 97.0 Å². The van der Waals surface area contributed by atoms with Crippen molar-refractivity contribution >= 4 is 11.8 Å². The maximum atomic E-state index is 12.8. The number of methoxy groups -OCH3 is 3. The van der Waals surface area contributed by atoms with E-state index in [9.17, 15) is 40.2 Å². The van der Waals surface area contributed by atoms with Crippen LogP contribution in [0, 0.1) is 16.7 Å². The highest BCUT2D eigenvalue weighted by Gasteiger charge is 2.80. The second-order valence-electron chi connectivity index (χ2n) is 24.5. The lowest BCUT2D eigenvalue weighted by atomic mass is 9.42. The van der Waals surface area contributed by atoms with Crippen LogP contribution >= 0.6 is 0 Å². The average Bonchev–Trinajstić information content (AvgIpc) is 2.74. The molecule has 8 fully saturated rings. The summed E-state index contributed by atoms with van der Waals surface area (Å²) in [4.78, 5) is 25.4. The summed E-state index contributed by atoms with van der Waals surface area (Å²) in [5, 5.41) is 70.4. The fourth-order valence-electron chi connectivity index (χ4n) is 15.5. The summed E-state index contributed by atoms with van der Waals surface area (Å²) >= 11 is 0. The maximum absolute atomic E-state index is 12.8. The minimum absolute atomic E-state index is 0.0220. The fraction of sp³-hybridized carbons (Fsp3) is 0.929. The molecule has 0 radical (unpaired) electrons. The molecule has 0 aromatic heterocycles. The fourth-order valence-corrected chi connectivity index (χ4v) is 15.5. The van der Waals surface area contributed by atoms with Gasteiger partial charge in [0, 0.05) is 66.3 Å². The van der Waals surface area contributed by atoms with Crippen molar-refractivity contribution in [3.63, 3.8) is 0 Å². The highest BCUT2D eigenvalue weighted by atomic mass is 16.8. The highest BCUT2D eigenvalue weighted by molar-refractivity contribution is 5.87. The van der Waals surface area contributed by atoms with E-state index >= 15 is 0 Å². The molecule has 0 unspecified atom stereocenters. The number of fused-ring (bicyclic) bond motifs is 5. The van der Waals surface area contributed by atoms with Crippen molar-refractivity contribution in [2.75, 3.05) is 21.3 Å². The number of hydrogen-bond donors (Lipinski definition) is 6. The number of carbonyl (C=O) groups is 2. The Morgan fingerprint density at radius 2 is 1.04 bits per heavy atom. The molecule has 22 nitrogen and oxygen atoms in total. The van der Waals surface area contributed by atoms with Crippen molar-refractivity contribution in [2.24, 2.45) is 16.7 Å². The lowest BCUT2D eigenvalue weighted by Crippen LogP contribution is -2.78. The SMILES string of the molecule is CO[C@H]1C[C@H](O[C@H]2[C@H](C)O[C@@H](O[C@H]3[C@@H](OC(C)=O)C[C@H](O[C@H]4[C@@H](O)C[C@H](O[C@H]5CC[C@@]6(C)C(=CC[C@]7(O)[C@@H]6C[C@@H](O)[C@@]6(C)[C@@]7(O)CC[C@@]6(O)C(C)=O)C5)O[C@@H]4C)O[C@@H]3C)C[C@H]2OC)O[C@H](C)[C@H]1O[C@H]1C[C@@H](OC)[C@@H](O)[C@H](C)O1. The van der Waals surface area contributed by atoms with Gasteiger partial charge in [0.2, 0.25) is 0 Å². The Bertz CT molecular complexity index is 2120. The zero-order chi connectivity index (χ0) is 56.6. The molecule has 28 atom stereocenters. The monoisotopic (exact) mass is 1110 g/mol. The Hall–Kier alpha value is -1.88. The van der Waals surface area contributed by atoms with Crippen LogP contribution in [-0.2, 0) is 75.9 Å². The van der Waals surface area contributed by atoms with Gasteiger partial charge >= 0.3 is 5.97 Å². The van der Waals surface area contributed by atoms with Crippen molar-refractivity contribution in [2.45, 2.75) is 291 Å². The Kier molecular flexibility index (Phi) is 18.1. The van der Waals surface area contributed by atoms with Gasteiger partial charge in [-0.3, -0.25) is 9.59 Å². The molecule has 446 valence electrons. The molecule has 9 rings (SSSR count). The van der Waals surface area contributed by atoms with Gasteiger partial charge in [-0.05, 0) is 91.9 Å². The molecule has 78 heavy (non-hydrogen) atoms. The summed E-state index contributed by atoms with van der Waals surface area (Å²) in [6, 6.07) is 0. The molecule has 22 heteroatoms. The Balaban J connectivity index is 0.766. The topological polar surface area (TPSA) is 285 Å². The zero-order valence-electron chi connectivity index (χ0n) is 47.6. The molecule has 3 saturated carbocycles. The molecule has 0 aromatic carbocycles. The Morgan fingerprint density at radius 3 is 1.54 bits per heavy atom. The van der Waals surface area contributed by atoms with Crippen LogP contribution in [0.15, 0.2) is 11.6 Å². The van der Waals surface area contributed by atoms with Crippen LogP contribution in [0.1, 0.15) is 139 Å². The number of Topliss-reactive ketones (excluding diaryl/α,β-unsaturated/α-hetero) is 1. The van der Waals surface area contributed by atoms with Crippen molar-refractivity contribution in [3.05, 3.63) is 11.6 Å². The molecule has 6 N–H and O–H groups in total. The van der Waals surface area contributed by atoms with E-state index in [1.807, 2.05) is 19.9 Å². The number of aliphatic hydroxyl groups is 6. The van der Waals surface area contributed by atoms with Crippen molar-refractivity contribution in [3.8, 4) is 0 Å².